The van der Waals surface area contributed by atoms with Crippen LogP contribution in [0.5, 0.6) is 0 Å². The van der Waals surface area contributed by atoms with Gasteiger partial charge in [0.25, 0.3) is 0 Å². The normalized spacial score (nSPS) is 22.1. The van der Waals surface area contributed by atoms with Crippen LogP contribution in [-0.4, -0.2) is 9.13 Å². The van der Waals surface area contributed by atoms with E-state index in [2.05, 4.69) is 188 Å². The molecule has 60 heavy (non-hydrogen) atoms. The molecule has 286 valence electrons. The molecule has 4 atom stereocenters. The van der Waals surface area contributed by atoms with Gasteiger partial charge in [0.15, 0.2) is 0 Å². The van der Waals surface area contributed by atoms with Gasteiger partial charge in [-0.15, -0.1) is 0 Å². The number of hydrogen-bond acceptors (Lipinski definition) is 0. The van der Waals surface area contributed by atoms with Crippen molar-refractivity contribution in [2.45, 2.75) is 45.4 Å². The second kappa shape index (κ2) is 11.5. The quantitative estimate of drug-likeness (QED) is 0.157. The average molecular weight is 769 g/mol. The number of para-hydroxylation sites is 3. The minimum Gasteiger partial charge on any atom is -0.309 e. The number of hydrogen-bond donors (Lipinski definition) is 0. The first-order chi connectivity index (χ1) is 29.5. The summed E-state index contributed by atoms with van der Waals surface area (Å²) in [6.45, 7) is 7.51. The summed E-state index contributed by atoms with van der Waals surface area (Å²) in [6, 6.07) is 55.8. The van der Waals surface area contributed by atoms with E-state index in [1.54, 1.807) is 22.3 Å². The molecule has 4 unspecified atom stereocenters. The molecular formula is C58H44N2. The number of aromatic nitrogens is 2. The molecule has 0 saturated heterocycles. The summed E-state index contributed by atoms with van der Waals surface area (Å²) < 4.78 is 5.14. The molecule has 5 aliphatic rings. The highest BCUT2D eigenvalue weighted by atomic mass is 15.0. The lowest BCUT2D eigenvalue weighted by atomic mass is 9.63. The molecule has 1 aliphatic heterocycles. The highest BCUT2D eigenvalue weighted by Gasteiger charge is 2.57. The smallest absolute Gasteiger partial charge is 0.0685 e. The van der Waals surface area contributed by atoms with Crippen molar-refractivity contribution in [2.75, 3.05) is 0 Å². The fourth-order valence-electron chi connectivity index (χ4n) is 13.2. The molecule has 1 spiro atoms. The topological polar surface area (TPSA) is 9.86 Å². The maximum Gasteiger partial charge on any atom is 0.0685 e. The van der Waals surface area contributed by atoms with Gasteiger partial charge in [-0.3, -0.25) is 0 Å². The summed E-state index contributed by atoms with van der Waals surface area (Å²) in [5, 5.41) is 5.15. The zero-order chi connectivity index (χ0) is 39.6. The molecule has 0 amide bonds. The monoisotopic (exact) mass is 768 g/mol. The fraction of sp³-hybridized carbons (Fsp3) is 0.172. The van der Waals surface area contributed by atoms with Crippen LogP contribution in [0.3, 0.4) is 0 Å². The van der Waals surface area contributed by atoms with Crippen LogP contribution in [0, 0.1) is 17.8 Å². The minimum atomic E-state index is -0.284. The molecule has 2 heteroatoms. The average Bonchev–Trinajstić information content (AvgIpc) is 3.97. The van der Waals surface area contributed by atoms with Gasteiger partial charge in [-0.1, -0.05) is 142 Å². The van der Waals surface area contributed by atoms with Crippen LogP contribution in [0.2, 0.25) is 0 Å². The van der Waals surface area contributed by atoms with Crippen molar-refractivity contribution in [1.82, 2.24) is 9.13 Å². The van der Waals surface area contributed by atoms with E-state index in [4.69, 9.17) is 0 Å². The molecule has 4 aliphatic carbocycles. The third kappa shape index (κ3) is 3.87. The fourth-order valence-corrected chi connectivity index (χ4v) is 13.2. The highest BCUT2D eigenvalue weighted by Crippen LogP contribution is 2.67. The van der Waals surface area contributed by atoms with Crippen LogP contribution in [0.1, 0.15) is 51.2 Å². The van der Waals surface area contributed by atoms with E-state index in [-0.39, 0.29) is 5.41 Å². The van der Waals surface area contributed by atoms with Gasteiger partial charge in [0.1, 0.15) is 0 Å². The molecule has 0 N–H and O–H groups in total. The summed E-state index contributed by atoms with van der Waals surface area (Å²) >= 11 is 0. The first kappa shape index (κ1) is 33.2. The largest absolute Gasteiger partial charge is 0.309 e. The molecule has 14 rings (SSSR count). The van der Waals surface area contributed by atoms with Crippen LogP contribution in [0.25, 0.3) is 88.4 Å². The van der Waals surface area contributed by atoms with E-state index in [0.29, 0.717) is 17.8 Å². The molecule has 0 fully saturated rings. The minimum absolute atomic E-state index is 0.284. The van der Waals surface area contributed by atoms with Crippen molar-refractivity contribution in [3.8, 4) is 44.8 Å². The SMILES string of the molecule is CC1CC=CC2=C1C1=C(C(C)CCC1C)C21c2ccccc2-c2ccc(-n3c4ccccc4c4cc5c(cc43)-c3ccccc3-c3cccc4c6ccccc6n-5c34)cc21. The molecule has 0 saturated carbocycles. The summed E-state index contributed by atoms with van der Waals surface area (Å²) in [5.74, 6) is 1.59. The van der Waals surface area contributed by atoms with Crippen molar-refractivity contribution >= 4 is 43.6 Å². The number of rotatable bonds is 1. The third-order valence-electron chi connectivity index (χ3n) is 15.5. The molecule has 9 aromatic rings. The van der Waals surface area contributed by atoms with Gasteiger partial charge in [0.05, 0.1) is 33.2 Å². The van der Waals surface area contributed by atoms with Crippen LogP contribution in [-0.2, 0) is 5.41 Å². The van der Waals surface area contributed by atoms with Crippen molar-refractivity contribution in [3.63, 3.8) is 0 Å². The van der Waals surface area contributed by atoms with Crippen molar-refractivity contribution in [2.24, 2.45) is 17.8 Å². The second-order valence-electron chi connectivity index (χ2n) is 18.4. The Labute approximate surface area is 350 Å². The molecule has 2 nitrogen and oxygen atoms in total. The van der Waals surface area contributed by atoms with E-state index in [1.807, 2.05) is 0 Å². The highest BCUT2D eigenvalue weighted by molar-refractivity contribution is 6.18. The van der Waals surface area contributed by atoms with E-state index in [0.717, 1.165) is 6.42 Å². The summed E-state index contributed by atoms with van der Waals surface area (Å²) in [4.78, 5) is 0. The first-order valence-electron chi connectivity index (χ1n) is 22.1. The maximum absolute atomic E-state index is 2.61. The number of fused-ring (bicyclic) bond motifs is 19. The van der Waals surface area contributed by atoms with E-state index < -0.39 is 0 Å². The Balaban J connectivity index is 1.09. The van der Waals surface area contributed by atoms with Crippen molar-refractivity contribution in [1.29, 1.82) is 0 Å². The van der Waals surface area contributed by atoms with Gasteiger partial charge in [-0.25, -0.2) is 0 Å². The van der Waals surface area contributed by atoms with Crippen LogP contribution in [0.15, 0.2) is 180 Å². The Hall–Kier alpha value is -6.64. The Bertz CT molecular complexity index is 3520. The number of allylic oxidation sites excluding steroid dienone is 6. The zero-order valence-electron chi connectivity index (χ0n) is 34.3. The van der Waals surface area contributed by atoms with Gasteiger partial charge in [0.2, 0.25) is 0 Å². The van der Waals surface area contributed by atoms with Gasteiger partial charge in [0, 0.05) is 38.4 Å². The lowest BCUT2D eigenvalue weighted by Gasteiger charge is -2.39. The predicted molar refractivity (Wildman–Crippen MR) is 250 cm³/mol. The van der Waals surface area contributed by atoms with Crippen molar-refractivity contribution < 1.29 is 0 Å². The van der Waals surface area contributed by atoms with Crippen LogP contribution >= 0.6 is 0 Å². The molecule has 0 radical (unpaired) electrons. The van der Waals surface area contributed by atoms with Gasteiger partial charge < -0.3 is 9.13 Å². The number of benzene rings is 7. The van der Waals surface area contributed by atoms with Crippen LogP contribution < -0.4 is 0 Å². The molecule has 7 aromatic carbocycles. The standard InChI is InChI=1S/C58H44N2/c1-33-14-12-23-48-54(33)55-34(2)26-27-35(3)56(55)58(48)47-22-9-6-17-39(47)40-29-28-36(30-49(40)58)59-50-24-10-8-19-42(50)46-32-53-45(31-52(46)59)38-16-5-4-15-37(38)43-20-13-21-44-41-18-7-11-25-51(41)60(53)57(43)44/h4-13,15-25,28-35H,14,26-27H2,1-3H3. The lowest BCUT2D eigenvalue weighted by molar-refractivity contribution is 0.433. The van der Waals surface area contributed by atoms with E-state index >= 15 is 0 Å². The Morgan fingerprint density at radius 3 is 1.95 bits per heavy atom. The molecule has 3 heterocycles. The maximum atomic E-state index is 2.61. The molecule has 2 aromatic heterocycles. The van der Waals surface area contributed by atoms with E-state index in [1.165, 1.54) is 112 Å². The van der Waals surface area contributed by atoms with E-state index in [9.17, 15) is 0 Å². The summed E-state index contributed by atoms with van der Waals surface area (Å²) in [7, 11) is 0. The molecular weight excluding hydrogens is 725 g/mol. The van der Waals surface area contributed by atoms with Crippen LogP contribution in [0.4, 0.5) is 0 Å². The Morgan fingerprint density at radius 1 is 0.467 bits per heavy atom. The van der Waals surface area contributed by atoms with Gasteiger partial charge >= 0.3 is 0 Å². The summed E-state index contributed by atoms with van der Waals surface area (Å²) in [6.07, 6.45) is 8.64. The molecule has 0 bridgehead atoms. The Morgan fingerprint density at radius 2 is 1.12 bits per heavy atom. The zero-order valence-corrected chi connectivity index (χ0v) is 34.3. The van der Waals surface area contributed by atoms with Gasteiger partial charge in [-0.05, 0) is 129 Å². The number of nitrogens with zero attached hydrogens (tertiary/aromatic N) is 2. The predicted octanol–water partition coefficient (Wildman–Crippen LogP) is 15.1. The summed E-state index contributed by atoms with van der Waals surface area (Å²) in [5.41, 5.74) is 24.6. The lowest BCUT2D eigenvalue weighted by Crippen LogP contribution is -2.33. The third-order valence-corrected chi connectivity index (χ3v) is 15.5. The van der Waals surface area contributed by atoms with Crippen molar-refractivity contribution in [3.05, 3.63) is 191 Å². The first-order valence-corrected chi connectivity index (χ1v) is 22.1. The van der Waals surface area contributed by atoms with Gasteiger partial charge in [-0.2, -0.15) is 0 Å². The Kier molecular flexibility index (Phi) is 6.39. The second-order valence-corrected chi connectivity index (χ2v) is 18.4.